The lowest BCUT2D eigenvalue weighted by Gasteiger charge is -2.36. The Labute approximate surface area is 125 Å². The average Bonchev–Trinajstić information content (AvgIpc) is 2.64. The highest BCUT2D eigenvalue weighted by Crippen LogP contribution is 2.38. The number of nitrogens with one attached hydrogen (secondary N) is 1. The fourth-order valence-corrected chi connectivity index (χ4v) is 3.16. The van der Waals surface area contributed by atoms with E-state index in [1.165, 1.54) is 11.3 Å². The van der Waals surface area contributed by atoms with E-state index in [0.29, 0.717) is 12.0 Å². The van der Waals surface area contributed by atoms with Crippen LogP contribution in [0.2, 0.25) is 0 Å². The molecule has 0 atom stereocenters. The first-order valence-corrected chi connectivity index (χ1v) is 7.53. The maximum absolute atomic E-state index is 13.7. The Balaban J connectivity index is 1.55. The van der Waals surface area contributed by atoms with Crippen molar-refractivity contribution in [1.82, 2.24) is 15.1 Å². The molecule has 1 aromatic heterocycles. The molecule has 2 aromatic rings. The van der Waals surface area contributed by atoms with Crippen molar-refractivity contribution in [3.8, 4) is 0 Å². The highest BCUT2D eigenvalue weighted by atomic mass is 19.1. The summed E-state index contributed by atoms with van der Waals surface area (Å²) in [5.74, 6) is 0.291. The Morgan fingerprint density at radius 1 is 1.29 bits per heavy atom. The van der Waals surface area contributed by atoms with Gasteiger partial charge in [0.25, 0.3) is 0 Å². The van der Waals surface area contributed by atoms with Crippen LogP contribution in [0.4, 0.5) is 4.39 Å². The third-order valence-electron chi connectivity index (χ3n) is 4.71. The van der Waals surface area contributed by atoms with Gasteiger partial charge in [0.1, 0.15) is 5.82 Å². The van der Waals surface area contributed by atoms with E-state index in [1.54, 1.807) is 12.1 Å². The molecule has 4 heteroatoms. The molecule has 0 amide bonds. The number of aryl methyl sites for hydroxylation is 2. The van der Waals surface area contributed by atoms with Crippen LogP contribution in [0.1, 0.15) is 41.3 Å². The highest BCUT2D eigenvalue weighted by molar-refractivity contribution is 5.26. The number of halogens is 1. The molecule has 1 aromatic carbocycles. The third-order valence-corrected chi connectivity index (χ3v) is 4.71. The second-order valence-corrected chi connectivity index (χ2v) is 6.04. The summed E-state index contributed by atoms with van der Waals surface area (Å²) in [6, 6.07) is 7.61. The van der Waals surface area contributed by atoms with Crippen molar-refractivity contribution in [3.05, 3.63) is 52.6 Å². The molecule has 0 saturated heterocycles. The van der Waals surface area contributed by atoms with E-state index in [-0.39, 0.29) is 5.82 Å². The van der Waals surface area contributed by atoms with Gasteiger partial charge in [-0.1, -0.05) is 18.2 Å². The lowest BCUT2D eigenvalue weighted by Crippen LogP contribution is -2.40. The minimum absolute atomic E-state index is 0.0695. The first-order chi connectivity index (χ1) is 10.1. The smallest absolute Gasteiger partial charge is 0.126 e. The maximum atomic E-state index is 13.7. The van der Waals surface area contributed by atoms with E-state index in [9.17, 15) is 4.39 Å². The van der Waals surface area contributed by atoms with Crippen LogP contribution in [-0.4, -0.2) is 15.8 Å². The van der Waals surface area contributed by atoms with Crippen molar-refractivity contribution >= 4 is 0 Å². The molecule has 3 rings (SSSR count). The largest absolute Gasteiger partial charge is 0.310 e. The number of nitrogens with zero attached hydrogens (tertiary/aromatic N) is 2. The zero-order valence-electron chi connectivity index (χ0n) is 12.9. The number of rotatable bonds is 4. The summed E-state index contributed by atoms with van der Waals surface area (Å²) in [7, 11) is 1.98. The highest BCUT2D eigenvalue weighted by Gasteiger charge is 2.31. The van der Waals surface area contributed by atoms with Gasteiger partial charge in [-0.05, 0) is 44.2 Å². The molecule has 1 aliphatic carbocycles. The predicted molar refractivity (Wildman–Crippen MR) is 81.7 cm³/mol. The fraction of sp³-hybridized carbons (Fsp3) is 0.471. The molecule has 1 fully saturated rings. The summed E-state index contributed by atoms with van der Waals surface area (Å²) >= 11 is 0. The molecule has 1 N–H and O–H groups in total. The van der Waals surface area contributed by atoms with Crippen LogP contribution >= 0.6 is 0 Å². The first-order valence-electron chi connectivity index (χ1n) is 7.53. The van der Waals surface area contributed by atoms with Gasteiger partial charge >= 0.3 is 0 Å². The lowest BCUT2D eigenvalue weighted by molar-refractivity contribution is 0.284. The Morgan fingerprint density at radius 2 is 2.00 bits per heavy atom. The normalized spacial score (nSPS) is 21.3. The van der Waals surface area contributed by atoms with Crippen molar-refractivity contribution in [3.63, 3.8) is 0 Å². The lowest BCUT2D eigenvalue weighted by atomic mass is 9.75. The molecule has 0 radical (unpaired) electrons. The van der Waals surface area contributed by atoms with Crippen molar-refractivity contribution in [2.75, 3.05) is 0 Å². The monoisotopic (exact) mass is 287 g/mol. The summed E-state index contributed by atoms with van der Waals surface area (Å²) in [5.41, 5.74) is 4.45. The maximum Gasteiger partial charge on any atom is 0.126 e. The van der Waals surface area contributed by atoms with Gasteiger partial charge in [0.05, 0.1) is 5.69 Å². The van der Waals surface area contributed by atoms with Gasteiger partial charge in [0.15, 0.2) is 0 Å². The molecule has 0 bridgehead atoms. The summed E-state index contributed by atoms with van der Waals surface area (Å²) < 4.78 is 15.6. The molecule has 3 nitrogen and oxygen atoms in total. The van der Waals surface area contributed by atoms with E-state index < -0.39 is 0 Å². The first kappa shape index (κ1) is 14.3. The quantitative estimate of drug-likeness (QED) is 0.936. The van der Waals surface area contributed by atoms with Crippen molar-refractivity contribution in [2.24, 2.45) is 7.05 Å². The zero-order valence-corrected chi connectivity index (χ0v) is 12.9. The molecule has 1 heterocycles. The molecule has 0 aliphatic heterocycles. The van der Waals surface area contributed by atoms with E-state index in [0.717, 1.165) is 30.6 Å². The Hall–Kier alpha value is -1.68. The molecule has 0 spiro atoms. The minimum atomic E-state index is -0.0695. The molecular formula is C17H22FN3. The van der Waals surface area contributed by atoms with E-state index in [1.807, 2.05) is 30.8 Å². The summed E-state index contributed by atoms with van der Waals surface area (Å²) in [5, 5.41) is 8.01. The molecule has 0 unspecified atom stereocenters. The third kappa shape index (κ3) is 2.72. The summed E-state index contributed by atoms with van der Waals surface area (Å²) in [4.78, 5) is 0. The van der Waals surface area contributed by atoms with Gasteiger partial charge in [0, 0.05) is 30.9 Å². The summed E-state index contributed by atoms with van der Waals surface area (Å²) in [6.07, 6.45) is 2.03. The van der Waals surface area contributed by atoms with Crippen LogP contribution in [0.15, 0.2) is 24.3 Å². The van der Waals surface area contributed by atoms with E-state index in [4.69, 9.17) is 0 Å². The predicted octanol–water partition coefficient (Wildman–Crippen LogP) is 3.21. The number of hydrogen-bond donors (Lipinski definition) is 1. The fourth-order valence-electron chi connectivity index (χ4n) is 3.16. The molecule has 112 valence electrons. The Bertz CT molecular complexity index is 641. The van der Waals surface area contributed by atoms with Crippen LogP contribution in [0, 0.1) is 19.7 Å². The molecule has 21 heavy (non-hydrogen) atoms. The topological polar surface area (TPSA) is 29.9 Å². The van der Waals surface area contributed by atoms with Crippen LogP contribution in [-0.2, 0) is 13.6 Å². The van der Waals surface area contributed by atoms with Crippen molar-refractivity contribution in [2.45, 2.75) is 45.2 Å². The van der Waals surface area contributed by atoms with E-state index in [2.05, 4.69) is 17.3 Å². The second kappa shape index (κ2) is 5.60. The summed E-state index contributed by atoms with van der Waals surface area (Å²) in [6.45, 7) is 4.99. The van der Waals surface area contributed by atoms with Gasteiger partial charge < -0.3 is 5.32 Å². The van der Waals surface area contributed by atoms with Crippen LogP contribution < -0.4 is 5.32 Å². The zero-order chi connectivity index (χ0) is 15.0. The van der Waals surface area contributed by atoms with Crippen LogP contribution in [0.25, 0.3) is 0 Å². The van der Waals surface area contributed by atoms with Gasteiger partial charge in [0.2, 0.25) is 0 Å². The Morgan fingerprint density at radius 3 is 2.62 bits per heavy atom. The van der Waals surface area contributed by atoms with Crippen molar-refractivity contribution in [1.29, 1.82) is 0 Å². The Kier molecular flexibility index (Phi) is 3.81. The van der Waals surface area contributed by atoms with Gasteiger partial charge in [-0.15, -0.1) is 0 Å². The number of benzene rings is 1. The SMILES string of the molecule is Cc1nn(C)c(C)c1CNC1CC(c2ccccc2F)C1. The minimum Gasteiger partial charge on any atom is -0.310 e. The van der Waals surface area contributed by atoms with Crippen molar-refractivity contribution < 1.29 is 4.39 Å². The average molecular weight is 287 g/mol. The number of aromatic nitrogens is 2. The van der Waals surface area contributed by atoms with Crippen LogP contribution in [0.5, 0.6) is 0 Å². The van der Waals surface area contributed by atoms with Gasteiger partial charge in [-0.2, -0.15) is 5.10 Å². The van der Waals surface area contributed by atoms with Crippen LogP contribution in [0.3, 0.4) is 0 Å². The molecular weight excluding hydrogens is 265 g/mol. The number of hydrogen-bond acceptors (Lipinski definition) is 2. The van der Waals surface area contributed by atoms with Gasteiger partial charge in [-0.3, -0.25) is 4.68 Å². The standard InChI is InChI=1S/C17H22FN3/c1-11-16(12(2)21(3)20-11)10-19-14-8-13(9-14)15-6-4-5-7-17(15)18/h4-7,13-14,19H,8-10H2,1-3H3. The molecule has 1 saturated carbocycles. The van der Waals surface area contributed by atoms with E-state index >= 15 is 0 Å². The van der Waals surface area contributed by atoms with Gasteiger partial charge in [-0.25, -0.2) is 4.39 Å². The molecule has 1 aliphatic rings. The second-order valence-electron chi connectivity index (χ2n) is 6.04.